The average molecular weight is 338 g/mol. The summed E-state index contributed by atoms with van der Waals surface area (Å²) in [5.41, 5.74) is -0.347. The molecule has 2 fully saturated rings. The van der Waals surface area contributed by atoms with Crippen LogP contribution >= 0.6 is 0 Å². The molecule has 6 heteroatoms. The van der Waals surface area contributed by atoms with Crippen LogP contribution in [0, 0.1) is 0 Å². The maximum absolute atomic E-state index is 12.3. The highest BCUT2D eigenvalue weighted by atomic mass is 16.2. The van der Waals surface area contributed by atoms with Crippen molar-refractivity contribution in [2.75, 3.05) is 26.2 Å². The van der Waals surface area contributed by atoms with Gasteiger partial charge in [0.2, 0.25) is 5.91 Å². The first-order chi connectivity index (χ1) is 11.3. The van der Waals surface area contributed by atoms with Gasteiger partial charge in [-0.05, 0) is 66.5 Å². The first-order valence-corrected chi connectivity index (χ1v) is 9.37. The second kappa shape index (κ2) is 8.30. The minimum absolute atomic E-state index is 0.215. The van der Waals surface area contributed by atoms with Gasteiger partial charge in [-0.1, -0.05) is 6.42 Å². The first-order valence-electron chi connectivity index (χ1n) is 9.37. The van der Waals surface area contributed by atoms with Gasteiger partial charge in [0.05, 0.1) is 6.04 Å². The summed E-state index contributed by atoms with van der Waals surface area (Å²) < 4.78 is 0. The van der Waals surface area contributed by atoms with Gasteiger partial charge in [0.25, 0.3) is 0 Å². The lowest BCUT2D eigenvalue weighted by molar-refractivity contribution is -0.125. The Hall–Kier alpha value is -1.14. The maximum atomic E-state index is 12.3. The minimum atomic E-state index is -0.414. The minimum Gasteiger partial charge on any atom is -0.333 e. The molecule has 2 saturated heterocycles. The van der Waals surface area contributed by atoms with Crippen molar-refractivity contribution in [1.82, 2.24) is 20.4 Å². The number of hydrogen-bond donors (Lipinski definition) is 2. The van der Waals surface area contributed by atoms with Crippen LogP contribution in [0.2, 0.25) is 0 Å². The van der Waals surface area contributed by atoms with Gasteiger partial charge in [0.1, 0.15) is 0 Å². The zero-order chi connectivity index (χ0) is 17.7. The van der Waals surface area contributed by atoms with Crippen molar-refractivity contribution in [3.8, 4) is 0 Å². The molecule has 0 aromatic rings. The van der Waals surface area contributed by atoms with Crippen molar-refractivity contribution in [2.45, 2.75) is 77.4 Å². The molecule has 2 heterocycles. The molecule has 0 bridgehead atoms. The molecule has 0 aliphatic carbocycles. The summed E-state index contributed by atoms with van der Waals surface area (Å²) >= 11 is 0. The second-order valence-electron chi connectivity index (χ2n) is 8.23. The van der Waals surface area contributed by atoms with Crippen molar-refractivity contribution in [1.29, 1.82) is 0 Å². The molecule has 0 spiro atoms. The topological polar surface area (TPSA) is 64.7 Å². The number of nitrogens with zero attached hydrogens (tertiary/aromatic N) is 2. The third-order valence-electron chi connectivity index (χ3n) is 5.06. The van der Waals surface area contributed by atoms with Crippen molar-refractivity contribution in [2.24, 2.45) is 0 Å². The van der Waals surface area contributed by atoms with Crippen LogP contribution < -0.4 is 10.6 Å². The van der Waals surface area contributed by atoms with E-state index in [1.807, 2.05) is 27.7 Å². The van der Waals surface area contributed by atoms with E-state index in [-0.39, 0.29) is 17.5 Å². The van der Waals surface area contributed by atoms with Gasteiger partial charge in [-0.3, -0.25) is 15.0 Å². The van der Waals surface area contributed by atoms with Crippen LogP contribution in [-0.2, 0) is 4.79 Å². The average Bonchev–Trinajstić information content (AvgIpc) is 2.53. The van der Waals surface area contributed by atoms with Crippen molar-refractivity contribution >= 4 is 11.9 Å². The standard InChI is InChI=1S/C18H34N4O2/c1-14(16(23)19-17(24)20-18(2,3)4)21-12-8-15(9-13-21)22-10-6-5-7-11-22/h14-15H,5-13H2,1-4H3,(H2,19,20,23,24). The summed E-state index contributed by atoms with van der Waals surface area (Å²) in [6, 6.07) is -0.0124. The number of imide groups is 1. The quantitative estimate of drug-likeness (QED) is 0.825. The Morgan fingerprint density at radius 2 is 1.58 bits per heavy atom. The molecule has 1 unspecified atom stereocenters. The third kappa shape index (κ3) is 5.74. The van der Waals surface area contributed by atoms with Crippen LogP contribution in [-0.4, -0.2) is 65.5 Å². The number of carbonyl (C=O) groups is 2. The SMILES string of the molecule is CC(C(=O)NC(=O)NC(C)(C)C)N1CCC(N2CCCCC2)CC1. The lowest BCUT2D eigenvalue weighted by Gasteiger charge is -2.41. The van der Waals surface area contributed by atoms with Gasteiger partial charge in [-0.2, -0.15) is 0 Å². The molecule has 2 N–H and O–H groups in total. The number of nitrogens with one attached hydrogen (secondary N) is 2. The molecular formula is C18H34N4O2. The summed E-state index contributed by atoms with van der Waals surface area (Å²) in [7, 11) is 0. The van der Waals surface area contributed by atoms with Crippen LogP contribution in [0.25, 0.3) is 0 Å². The van der Waals surface area contributed by atoms with Gasteiger partial charge < -0.3 is 10.2 Å². The molecule has 3 amide bonds. The van der Waals surface area contributed by atoms with E-state index < -0.39 is 6.03 Å². The maximum Gasteiger partial charge on any atom is 0.321 e. The monoisotopic (exact) mass is 338 g/mol. The Kier molecular flexibility index (Phi) is 6.63. The molecule has 2 aliphatic rings. The Morgan fingerprint density at radius 3 is 2.12 bits per heavy atom. The van der Waals surface area contributed by atoms with Crippen LogP contribution in [0.5, 0.6) is 0 Å². The van der Waals surface area contributed by atoms with E-state index in [4.69, 9.17) is 0 Å². The van der Waals surface area contributed by atoms with E-state index >= 15 is 0 Å². The molecule has 138 valence electrons. The number of amides is 3. The highest BCUT2D eigenvalue weighted by Crippen LogP contribution is 2.21. The molecule has 0 saturated carbocycles. The highest BCUT2D eigenvalue weighted by molar-refractivity contribution is 5.97. The van der Waals surface area contributed by atoms with E-state index in [0.717, 1.165) is 25.9 Å². The summed E-state index contributed by atoms with van der Waals surface area (Å²) in [6.45, 7) is 11.9. The molecular weight excluding hydrogens is 304 g/mol. The number of rotatable bonds is 3. The highest BCUT2D eigenvalue weighted by Gasteiger charge is 2.30. The number of urea groups is 1. The summed E-state index contributed by atoms with van der Waals surface area (Å²) in [4.78, 5) is 29.0. The third-order valence-corrected chi connectivity index (χ3v) is 5.06. The molecule has 2 rings (SSSR count). The molecule has 1 atom stereocenters. The van der Waals surface area contributed by atoms with E-state index in [9.17, 15) is 9.59 Å². The lowest BCUT2D eigenvalue weighted by Crippen LogP contribution is -2.55. The smallest absolute Gasteiger partial charge is 0.321 e. The molecule has 6 nitrogen and oxygen atoms in total. The van der Waals surface area contributed by atoms with Gasteiger partial charge in [-0.15, -0.1) is 0 Å². The van der Waals surface area contributed by atoms with Gasteiger partial charge in [0.15, 0.2) is 0 Å². The predicted octanol–water partition coefficient (Wildman–Crippen LogP) is 1.95. The van der Waals surface area contributed by atoms with Gasteiger partial charge >= 0.3 is 6.03 Å². The van der Waals surface area contributed by atoms with E-state index in [1.165, 1.54) is 32.4 Å². The number of likely N-dealkylation sites (tertiary alicyclic amines) is 2. The predicted molar refractivity (Wildman–Crippen MR) is 95.9 cm³/mol. The molecule has 2 aliphatic heterocycles. The second-order valence-corrected chi connectivity index (χ2v) is 8.23. The first kappa shape index (κ1) is 19.2. The van der Waals surface area contributed by atoms with Crippen LogP contribution in [0.15, 0.2) is 0 Å². The van der Waals surface area contributed by atoms with Gasteiger partial charge in [0, 0.05) is 24.7 Å². The van der Waals surface area contributed by atoms with Crippen molar-refractivity contribution in [3.05, 3.63) is 0 Å². The Bertz CT molecular complexity index is 433. The van der Waals surface area contributed by atoms with Crippen LogP contribution in [0.3, 0.4) is 0 Å². The number of piperidine rings is 2. The Balaban J connectivity index is 1.76. The van der Waals surface area contributed by atoms with Crippen molar-refractivity contribution < 1.29 is 9.59 Å². The van der Waals surface area contributed by atoms with Gasteiger partial charge in [-0.25, -0.2) is 4.79 Å². The van der Waals surface area contributed by atoms with E-state index in [0.29, 0.717) is 6.04 Å². The van der Waals surface area contributed by atoms with Crippen LogP contribution in [0.1, 0.15) is 59.8 Å². The summed E-state index contributed by atoms with van der Waals surface area (Å²) in [5.74, 6) is -0.215. The largest absolute Gasteiger partial charge is 0.333 e. The molecule has 0 aromatic heterocycles. The summed E-state index contributed by atoms with van der Waals surface area (Å²) in [5, 5.41) is 5.23. The lowest BCUT2D eigenvalue weighted by atomic mass is 9.99. The fourth-order valence-electron chi connectivity index (χ4n) is 3.68. The van der Waals surface area contributed by atoms with E-state index in [1.54, 1.807) is 0 Å². The summed E-state index contributed by atoms with van der Waals surface area (Å²) in [6.07, 6.45) is 6.24. The molecule has 0 radical (unpaired) electrons. The number of carbonyl (C=O) groups excluding carboxylic acids is 2. The fourth-order valence-corrected chi connectivity index (χ4v) is 3.68. The Morgan fingerprint density at radius 1 is 1.00 bits per heavy atom. The molecule has 0 aromatic carbocycles. The normalized spacial score (nSPS) is 22.8. The number of hydrogen-bond acceptors (Lipinski definition) is 4. The zero-order valence-corrected chi connectivity index (χ0v) is 15.7. The fraction of sp³-hybridized carbons (Fsp3) is 0.889. The van der Waals surface area contributed by atoms with E-state index in [2.05, 4.69) is 20.4 Å². The van der Waals surface area contributed by atoms with Crippen LogP contribution in [0.4, 0.5) is 4.79 Å². The molecule has 24 heavy (non-hydrogen) atoms. The Labute approximate surface area is 146 Å². The van der Waals surface area contributed by atoms with Crippen molar-refractivity contribution in [3.63, 3.8) is 0 Å². The zero-order valence-electron chi connectivity index (χ0n) is 15.7.